The number of nitrogens with two attached hydrogens (primary N) is 1. The molecule has 1 heterocycles. The maximum Gasteiger partial charge on any atom is 0.163 e. The summed E-state index contributed by atoms with van der Waals surface area (Å²) in [6.45, 7) is 2.67. The Morgan fingerprint density at radius 2 is 2.24 bits per heavy atom. The molecule has 1 atom stereocenters. The number of rotatable bonds is 3. The van der Waals surface area contributed by atoms with Crippen LogP contribution in [0.25, 0.3) is 0 Å². The first-order valence-electron chi connectivity index (χ1n) is 5.67. The summed E-state index contributed by atoms with van der Waals surface area (Å²) in [5.41, 5.74) is 5.99. The molecule has 1 aliphatic rings. The first kappa shape index (κ1) is 12.4. The lowest BCUT2D eigenvalue weighted by Gasteiger charge is -2.34. The second kappa shape index (κ2) is 5.53. The van der Waals surface area contributed by atoms with Crippen LogP contribution in [0.1, 0.15) is 5.56 Å². The van der Waals surface area contributed by atoms with Gasteiger partial charge in [0.2, 0.25) is 0 Å². The molecule has 0 aromatic heterocycles. The van der Waals surface area contributed by atoms with Gasteiger partial charge in [-0.15, -0.1) is 0 Å². The highest BCUT2D eigenvalue weighted by molar-refractivity contribution is 5.19. The number of hydrogen-bond donors (Lipinski definition) is 1. The topological polar surface area (TPSA) is 38.5 Å². The number of hydrogen-bond acceptors (Lipinski definition) is 3. The van der Waals surface area contributed by atoms with Crippen molar-refractivity contribution in [1.82, 2.24) is 4.90 Å². The van der Waals surface area contributed by atoms with Crippen molar-refractivity contribution in [3.05, 3.63) is 35.4 Å². The molecule has 0 aliphatic carbocycles. The normalized spacial score (nSPS) is 21.7. The van der Waals surface area contributed by atoms with Crippen LogP contribution in [-0.4, -0.2) is 37.2 Å². The predicted molar refractivity (Wildman–Crippen MR) is 60.4 cm³/mol. The Balaban J connectivity index is 2.11. The molecule has 1 aromatic rings. The first-order valence-corrected chi connectivity index (χ1v) is 5.67. The van der Waals surface area contributed by atoms with Gasteiger partial charge in [0.25, 0.3) is 0 Å². The lowest BCUT2D eigenvalue weighted by atomic mass is 10.1. The van der Waals surface area contributed by atoms with E-state index in [-0.39, 0.29) is 6.04 Å². The van der Waals surface area contributed by atoms with Crippen LogP contribution in [0.15, 0.2) is 18.2 Å². The predicted octanol–water partition coefficient (Wildman–Crippen LogP) is 1.12. The van der Waals surface area contributed by atoms with Crippen molar-refractivity contribution in [2.75, 3.05) is 26.3 Å². The summed E-state index contributed by atoms with van der Waals surface area (Å²) in [6, 6.07) is 4.32. The van der Waals surface area contributed by atoms with Gasteiger partial charge in [-0.2, -0.15) is 0 Å². The van der Waals surface area contributed by atoms with Crippen LogP contribution in [-0.2, 0) is 11.3 Å². The Hall–Kier alpha value is -1.04. The summed E-state index contributed by atoms with van der Waals surface area (Å²) in [6.07, 6.45) is 0. The van der Waals surface area contributed by atoms with Crippen molar-refractivity contribution in [2.24, 2.45) is 5.73 Å². The second-order valence-corrected chi connectivity index (χ2v) is 4.15. The monoisotopic (exact) mass is 242 g/mol. The van der Waals surface area contributed by atoms with Crippen LogP contribution in [0, 0.1) is 11.6 Å². The van der Waals surface area contributed by atoms with Crippen LogP contribution < -0.4 is 5.73 Å². The highest BCUT2D eigenvalue weighted by Gasteiger charge is 2.23. The molecule has 1 aromatic carbocycles. The molecule has 0 spiro atoms. The number of nitrogens with zero attached hydrogens (tertiary/aromatic N) is 1. The quantitative estimate of drug-likeness (QED) is 0.863. The van der Waals surface area contributed by atoms with Gasteiger partial charge >= 0.3 is 0 Å². The van der Waals surface area contributed by atoms with E-state index in [9.17, 15) is 8.78 Å². The Bertz CT molecular complexity index is 387. The van der Waals surface area contributed by atoms with Crippen molar-refractivity contribution in [3.63, 3.8) is 0 Å². The highest BCUT2D eigenvalue weighted by atomic mass is 19.2. The van der Waals surface area contributed by atoms with Gasteiger partial charge in [0, 0.05) is 31.2 Å². The van der Waals surface area contributed by atoms with E-state index < -0.39 is 11.6 Å². The van der Waals surface area contributed by atoms with E-state index >= 15 is 0 Å². The van der Waals surface area contributed by atoms with Crippen molar-refractivity contribution in [3.8, 4) is 0 Å². The van der Waals surface area contributed by atoms with Crippen LogP contribution in [0.2, 0.25) is 0 Å². The molecule has 2 rings (SSSR count). The van der Waals surface area contributed by atoms with E-state index in [0.717, 1.165) is 6.07 Å². The molecule has 2 N–H and O–H groups in total. The fraction of sp³-hybridized carbons (Fsp3) is 0.500. The molecule has 0 bridgehead atoms. The third kappa shape index (κ3) is 2.80. The molecule has 1 aliphatic heterocycles. The molecule has 1 fully saturated rings. The Kier molecular flexibility index (Phi) is 4.04. The van der Waals surface area contributed by atoms with Gasteiger partial charge in [-0.25, -0.2) is 8.78 Å². The molecular weight excluding hydrogens is 226 g/mol. The Labute approximate surface area is 99.2 Å². The first-order chi connectivity index (χ1) is 8.22. The van der Waals surface area contributed by atoms with Gasteiger partial charge in [0.05, 0.1) is 13.2 Å². The number of benzene rings is 1. The van der Waals surface area contributed by atoms with Crippen molar-refractivity contribution >= 4 is 0 Å². The summed E-state index contributed by atoms with van der Waals surface area (Å²) < 4.78 is 31.9. The van der Waals surface area contributed by atoms with Crippen molar-refractivity contribution in [2.45, 2.75) is 12.6 Å². The Morgan fingerprint density at radius 3 is 3.00 bits per heavy atom. The lowest BCUT2D eigenvalue weighted by Crippen LogP contribution is -2.48. The van der Waals surface area contributed by atoms with E-state index in [0.29, 0.717) is 38.4 Å². The minimum absolute atomic E-state index is 0.0754. The number of morpholine rings is 1. The molecule has 0 saturated carbocycles. The highest BCUT2D eigenvalue weighted by Crippen LogP contribution is 2.16. The molecule has 17 heavy (non-hydrogen) atoms. The van der Waals surface area contributed by atoms with Gasteiger partial charge in [0.1, 0.15) is 0 Å². The Morgan fingerprint density at radius 1 is 1.41 bits per heavy atom. The standard InChI is InChI=1S/C12H16F2N2O/c13-11-3-1-2-9(12(11)14)7-16-4-5-17-8-10(16)6-15/h1-3,10H,4-8,15H2. The fourth-order valence-electron chi connectivity index (χ4n) is 2.00. The molecule has 94 valence electrons. The summed E-state index contributed by atoms with van der Waals surface area (Å²) >= 11 is 0. The van der Waals surface area contributed by atoms with Crippen molar-refractivity contribution < 1.29 is 13.5 Å². The van der Waals surface area contributed by atoms with E-state index in [1.54, 1.807) is 6.07 Å². The fourth-order valence-corrected chi connectivity index (χ4v) is 2.00. The van der Waals surface area contributed by atoms with Gasteiger partial charge < -0.3 is 10.5 Å². The third-order valence-corrected chi connectivity index (χ3v) is 3.03. The van der Waals surface area contributed by atoms with Crippen molar-refractivity contribution in [1.29, 1.82) is 0 Å². The summed E-state index contributed by atoms with van der Waals surface area (Å²) in [5, 5.41) is 0. The van der Waals surface area contributed by atoms with E-state index in [4.69, 9.17) is 10.5 Å². The molecule has 1 unspecified atom stereocenters. The molecule has 0 amide bonds. The summed E-state index contributed by atoms with van der Waals surface area (Å²) in [5.74, 6) is -1.57. The molecule has 3 nitrogen and oxygen atoms in total. The average Bonchev–Trinajstić information content (AvgIpc) is 2.35. The summed E-state index contributed by atoms with van der Waals surface area (Å²) in [4.78, 5) is 2.03. The second-order valence-electron chi connectivity index (χ2n) is 4.15. The number of ether oxygens (including phenoxy) is 1. The SMILES string of the molecule is NCC1COCCN1Cc1cccc(F)c1F. The third-order valence-electron chi connectivity index (χ3n) is 3.03. The largest absolute Gasteiger partial charge is 0.378 e. The van der Waals surface area contributed by atoms with Crippen LogP contribution in [0.4, 0.5) is 8.78 Å². The van der Waals surface area contributed by atoms with E-state index in [1.807, 2.05) is 4.90 Å². The average molecular weight is 242 g/mol. The maximum absolute atomic E-state index is 13.5. The molecule has 0 radical (unpaired) electrons. The molecule has 1 saturated heterocycles. The van der Waals surface area contributed by atoms with E-state index in [1.165, 1.54) is 6.07 Å². The zero-order chi connectivity index (χ0) is 12.3. The molecule has 5 heteroatoms. The van der Waals surface area contributed by atoms with E-state index in [2.05, 4.69) is 0 Å². The van der Waals surface area contributed by atoms with Gasteiger partial charge in [-0.3, -0.25) is 4.90 Å². The zero-order valence-corrected chi connectivity index (χ0v) is 9.53. The molecular formula is C12H16F2N2O. The maximum atomic E-state index is 13.5. The minimum atomic E-state index is -0.806. The smallest absolute Gasteiger partial charge is 0.163 e. The zero-order valence-electron chi connectivity index (χ0n) is 9.53. The van der Waals surface area contributed by atoms with Gasteiger partial charge in [0.15, 0.2) is 11.6 Å². The van der Waals surface area contributed by atoms with Crippen LogP contribution in [0.5, 0.6) is 0 Å². The number of halogens is 2. The summed E-state index contributed by atoms with van der Waals surface area (Å²) in [7, 11) is 0. The lowest BCUT2D eigenvalue weighted by molar-refractivity contribution is -0.00842. The van der Waals surface area contributed by atoms with Gasteiger partial charge in [-0.1, -0.05) is 12.1 Å². The van der Waals surface area contributed by atoms with Crippen LogP contribution in [0.3, 0.4) is 0 Å². The van der Waals surface area contributed by atoms with Gasteiger partial charge in [-0.05, 0) is 6.07 Å². The van der Waals surface area contributed by atoms with Crippen LogP contribution >= 0.6 is 0 Å². The minimum Gasteiger partial charge on any atom is -0.378 e.